The third kappa shape index (κ3) is 2.97. The highest BCUT2D eigenvalue weighted by Gasteiger charge is 2.15. The SMILES string of the molecule is CCCCCNC(=S)N1CCC1. The zero-order valence-corrected chi connectivity index (χ0v) is 8.62. The van der Waals surface area contributed by atoms with Crippen molar-refractivity contribution in [3.63, 3.8) is 0 Å². The van der Waals surface area contributed by atoms with E-state index in [0.29, 0.717) is 0 Å². The summed E-state index contributed by atoms with van der Waals surface area (Å²) in [7, 11) is 0. The van der Waals surface area contributed by atoms with Gasteiger partial charge < -0.3 is 10.2 Å². The minimum Gasteiger partial charge on any atom is -0.363 e. The molecular weight excluding hydrogens is 168 g/mol. The van der Waals surface area contributed by atoms with E-state index in [1.165, 1.54) is 25.7 Å². The molecule has 0 radical (unpaired) electrons. The molecule has 2 nitrogen and oxygen atoms in total. The molecule has 1 aliphatic heterocycles. The predicted octanol–water partition coefficient (Wildman–Crippen LogP) is 1.76. The first-order chi connectivity index (χ1) is 5.84. The first-order valence-corrected chi connectivity index (χ1v) is 5.28. The van der Waals surface area contributed by atoms with Crippen LogP contribution in [0.4, 0.5) is 0 Å². The van der Waals surface area contributed by atoms with Gasteiger partial charge in [-0.3, -0.25) is 0 Å². The van der Waals surface area contributed by atoms with Crippen LogP contribution in [0.5, 0.6) is 0 Å². The van der Waals surface area contributed by atoms with Gasteiger partial charge in [-0.1, -0.05) is 19.8 Å². The van der Waals surface area contributed by atoms with Crippen molar-refractivity contribution in [3.8, 4) is 0 Å². The van der Waals surface area contributed by atoms with Crippen molar-refractivity contribution < 1.29 is 0 Å². The molecule has 0 aromatic heterocycles. The van der Waals surface area contributed by atoms with E-state index in [0.717, 1.165) is 24.7 Å². The lowest BCUT2D eigenvalue weighted by Gasteiger charge is -2.33. The number of hydrogen-bond donors (Lipinski definition) is 1. The highest BCUT2D eigenvalue weighted by Crippen LogP contribution is 2.05. The lowest BCUT2D eigenvalue weighted by molar-refractivity contribution is 0.295. The maximum atomic E-state index is 5.19. The van der Waals surface area contributed by atoms with Crippen LogP contribution in [-0.4, -0.2) is 29.6 Å². The topological polar surface area (TPSA) is 15.3 Å². The van der Waals surface area contributed by atoms with E-state index in [-0.39, 0.29) is 0 Å². The Morgan fingerprint density at radius 1 is 1.42 bits per heavy atom. The van der Waals surface area contributed by atoms with Crippen molar-refractivity contribution in [2.24, 2.45) is 0 Å². The van der Waals surface area contributed by atoms with Crippen LogP contribution in [0, 0.1) is 0 Å². The van der Waals surface area contributed by atoms with E-state index >= 15 is 0 Å². The minimum atomic E-state index is 0.956. The molecule has 0 aliphatic carbocycles. The molecule has 3 heteroatoms. The largest absolute Gasteiger partial charge is 0.363 e. The molecule has 0 amide bonds. The Morgan fingerprint density at radius 2 is 2.17 bits per heavy atom. The molecule has 0 saturated carbocycles. The summed E-state index contributed by atoms with van der Waals surface area (Å²) >= 11 is 5.19. The maximum Gasteiger partial charge on any atom is 0.168 e. The van der Waals surface area contributed by atoms with E-state index in [1.54, 1.807) is 0 Å². The molecule has 0 atom stereocenters. The van der Waals surface area contributed by atoms with Gasteiger partial charge in [0.25, 0.3) is 0 Å². The zero-order chi connectivity index (χ0) is 8.81. The second-order valence-electron chi connectivity index (χ2n) is 3.28. The second-order valence-corrected chi connectivity index (χ2v) is 3.67. The molecule has 1 rings (SSSR count). The molecule has 1 aliphatic rings. The number of likely N-dealkylation sites (tertiary alicyclic amines) is 1. The van der Waals surface area contributed by atoms with E-state index in [9.17, 15) is 0 Å². The van der Waals surface area contributed by atoms with Crippen LogP contribution in [0.2, 0.25) is 0 Å². The van der Waals surface area contributed by atoms with Crippen LogP contribution in [-0.2, 0) is 0 Å². The van der Waals surface area contributed by atoms with Gasteiger partial charge in [-0.05, 0) is 25.1 Å². The molecule has 1 saturated heterocycles. The summed E-state index contributed by atoms with van der Waals surface area (Å²) in [4.78, 5) is 2.22. The van der Waals surface area contributed by atoms with E-state index in [1.807, 2.05) is 0 Å². The Labute approximate surface area is 80.3 Å². The van der Waals surface area contributed by atoms with Crippen LogP contribution in [0.25, 0.3) is 0 Å². The summed E-state index contributed by atoms with van der Waals surface area (Å²) < 4.78 is 0. The van der Waals surface area contributed by atoms with Gasteiger partial charge >= 0.3 is 0 Å². The number of unbranched alkanes of at least 4 members (excludes halogenated alkanes) is 2. The molecule has 0 unspecified atom stereocenters. The third-order valence-corrected chi connectivity index (χ3v) is 2.60. The zero-order valence-electron chi connectivity index (χ0n) is 7.81. The van der Waals surface area contributed by atoms with Crippen molar-refractivity contribution in [2.75, 3.05) is 19.6 Å². The van der Waals surface area contributed by atoms with Gasteiger partial charge in [0.2, 0.25) is 0 Å². The molecular formula is C9H18N2S. The molecule has 1 fully saturated rings. The fourth-order valence-corrected chi connectivity index (χ4v) is 1.49. The number of rotatable bonds is 4. The van der Waals surface area contributed by atoms with Crippen LogP contribution in [0.15, 0.2) is 0 Å². The molecule has 1 N–H and O–H groups in total. The average molecular weight is 186 g/mol. The Morgan fingerprint density at radius 3 is 2.67 bits per heavy atom. The summed E-state index contributed by atoms with van der Waals surface area (Å²) in [6, 6.07) is 0. The van der Waals surface area contributed by atoms with Gasteiger partial charge in [-0.2, -0.15) is 0 Å². The Kier molecular flexibility index (Phi) is 4.36. The summed E-state index contributed by atoms with van der Waals surface area (Å²) in [5.74, 6) is 0. The second kappa shape index (κ2) is 5.36. The Balaban J connectivity index is 1.94. The van der Waals surface area contributed by atoms with Gasteiger partial charge in [0.1, 0.15) is 0 Å². The lowest BCUT2D eigenvalue weighted by atomic mass is 10.2. The molecule has 12 heavy (non-hydrogen) atoms. The highest BCUT2D eigenvalue weighted by atomic mass is 32.1. The van der Waals surface area contributed by atoms with E-state index < -0.39 is 0 Å². The summed E-state index contributed by atoms with van der Waals surface area (Å²) in [6.07, 6.45) is 5.12. The number of thiocarbonyl (C=S) groups is 1. The van der Waals surface area contributed by atoms with Crippen molar-refractivity contribution in [1.82, 2.24) is 10.2 Å². The first kappa shape index (κ1) is 9.78. The number of nitrogens with one attached hydrogen (secondary N) is 1. The summed E-state index contributed by atoms with van der Waals surface area (Å²) in [5.41, 5.74) is 0. The van der Waals surface area contributed by atoms with Crippen LogP contribution in [0.1, 0.15) is 32.6 Å². The van der Waals surface area contributed by atoms with Gasteiger partial charge in [0.15, 0.2) is 5.11 Å². The number of hydrogen-bond acceptors (Lipinski definition) is 1. The summed E-state index contributed by atoms with van der Waals surface area (Å²) in [6.45, 7) is 5.57. The van der Waals surface area contributed by atoms with Gasteiger partial charge in [-0.25, -0.2) is 0 Å². The highest BCUT2D eigenvalue weighted by molar-refractivity contribution is 7.80. The lowest BCUT2D eigenvalue weighted by Crippen LogP contribution is -2.47. The smallest absolute Gasteiger partial charge is 0.168 e. The maximum absolute atomic E-state index is 5.19. The fraction of sp³-hybridized carbons (Fsp3) is 0.889. The Bertz CT molecular complexity index is 143. The molecule has 1 heterocycles. The average Bonchev–Trinajstić information content (AvgIpc) is 1.95. The van der Waals surface area contributed by atoms with Gasteiger partial charge in [0, 0.05) is 19.6 Å². The Hall–Kier alpha value is -0.310. The number of nitrogens with zero attached hydrogens (tertiary/aromatic N) is 1. The quantitative estimate of drug-likeness (QED) is 0.532. The fourth-order valence-electron chi connectivity index (χ4n) is 1.20. The van der Waals surface area contributed by atoms with Crippen molar-refractivity contribution in [1.29, 1.82) is 0 Å². The van der Waals surface area contributed by atoms with Crippen molar-refractivity contribution >= 4 is 17.3 Å². The third-order valence-electron chi connectivity index (χ3n) is 2.20. The van der Waals surface area contributed by atoms with Crippen LogP contribution in [0.3, 0.4) is 0 Å². The van der Waals surface area contributed by atoms with Crippen molar-refractivity contribution in [2.45, 2.75) is 32.6 Å². The predicted molar refractivity (Wildman–Crippen MR) is 56.3 cm³/mol. The van der Waals surface area contributed by atoms with E-state index in [4.69, 9.17) is 12.2 Å². The van der Waals surface area contributed by atoms with Gasteiger partial charge in [0.05, 0.1) is 0 Å². The molecule has 0 aromatic rings. The normalized spacial score (nSPS) is 15.6. The first-order valence-electron chi connectivity index (χ1n) is 4.87. The van der Waals surface area contributed by atoms with Crippen molar-refractivity contribution in [3.05, 3.63) is 0 Å². The molecule has 0 aromatic carbocycles. The van der Waals surface area contributed by atoms with Gasteiger partial charge in [-0.15, -0.1) is 0 Å². The molecule has 70 valence electrons. The molecule has 0 spiro atoms. The standard InChI is InChI=1S/C9H18N2S/c1-2-3-4-6-10-9(12)11-7-5-8-11/h2-8H2,1H3,(H,10,12). The van der Waals surface area contributed by atoms with Crippen LogP contribution < -0.4 is 5.32 Å². The van der Waals surface area contributed by atoms with E-state index in [2.05, 4.69) is 17.1 Å². The van der Waals surface area contributed by atoms with Crippen LogP contribution >= 0.6 is 12.2 Å². The molecule has 0 bridgehead atoms. The summed E-state index contributed by atoms with van der Waals surface area (Å²) in [5, 5.41) is 4.23. The minimum absolute atomic E-state index is 0.956. The monoisotopic (exact) mass is 186 g/mol.